The van der Waals surface area contributed by atoms with Crippen LogP contribution in [0.1, 0.15) is 44.6 Å². The molecule has 1 fully saturated rings. The van der Waals surface area contributed by atoms with Crippen LogP contribution in [0.3, 0.4) is 0 Å². The molecule has 1 aromatic rings. The van der Waals surface area contributed by atoms with E-state index in [-0.39, 0.29) is 11.8 Å². The number of amides is 3. The number of imide groups is 1. The summed E-state index contributed by atoms with van der Waals surface area (Å²) in [5.41, 5.74) is 0.430. The third-order valence-corrected chi connectivity index (χ3v) is 4.43. The Bertz CT molecular complexity index is 744. The second kappa shape index (κ2) is 10.4. The highest BCUT2D eigenvalue weighted by atomic mass is 19.1. The Morgan fingerprint density at radius 2 is 1.93 bits per heavy atom. The van der Waals surface area contributed by atoms with Gasteiger partial charge in [0.1, 0.15) is 0 Å². The van der Waals surface area contributed by atoms with Crippen molar-refractivity contribution < 1.29 is 28.2 Å². The Kier molecular flexibility index (Phi) is 7.98. The molecule has 1 aliphatic rings. The molecule has 0 aromatic heterocycles. The van der Waals surface area contributed by atoms with Crippen LogP contribution in [-0.4, -0.2) is 37.2 Å². The van der Waals surface area contributed by atoms with E-state index in [0.29, 0.717) is 5.56 Å². The maximum atomic E-state index is 13.6. The van der Waals surface area contributed by atoms with Gasteiger partial charge in [0.2, 0.25) is 0 Å². The molecule has 7 nitrogen and oxygen atoms in total. The van der Waals surface area contributed by atoms with E-state index in [4.69, 9.17) is 9.47 Å². The van der Waals surface area contributed by atoms with E-state index in [1.165, 1.54) is 32.2 Å². The molecule has 0 radical (unpaired) electrons. The Labute approximate surface area is 163 Å². The number of carbonyl (C=O) groups is 3. The van der Waals surface area contributed by atoms with Crippen molar-refractivity contribution in [3.05, 3.63) is 35.7 Å². The zero-order chi connectivity index (χ0) is 20.5. The van der Waals surface area contributed by atoms with Crippen molar-refractivity contribution >= 4 is 24.0 Å². The first-order chi connectivity index (χ1) is 13.4. The quantitative estimate of drug-likeness (QED) is 0.573. The maximum absolute atomic E-state index is 13.6. The van der Waals surface area contributed by atoms with Gasteiger partial charge < -0.3 is 14.8 Å². The molecule has 0 spiro atoms. The second-order valence-electron chi connectivity index (χ2n) is 6.60. The molecule has 2 N–H and O–H groups in total. The van der Waals surface area contributed by atoms with Crippen molar-refractivity contribution in [2.24, 2.45) is 0 Å². The summed E-state index contributed by atoms with van der Waals surface area (Å²) in [7, 11) is 1.35. The lowest BCUT2D eigenvalue weighted by molar-refractivity contribution is -0.149. The van der Waals surface area contributed by atoms with E-state index >= 15 is 0 Å². The van der Waals surface area contributed by atoms with Gasteiger partial charge in [0.15, 0.2) is 17.7 Å². The zero-order valence-electron chi connectivity index (χ0n) is 16.0. The van der Waals surface area contributed by atoms with Gasteiger partial charge in [-0.05, 0) is 43.5 Å². The van der Waals surface area contributed by atoms with Crippen molar-refractivity contribution in [2.75, 3.05) is 7.11 Å². The third-order valence-electron chi connectivity index (χ3n) is 4.43. The molecule has 3 amide bonds. The summed E-state index contributed by atoms with van der Waals surface area (Å²) in [5, 5.41) is 4.92. The van der Waals surface area contributed by atoms with E-state index < -0.39 is 29.8 Å². The normalized spacial score (nSPS) is 15.7. The lowest BCUT2D eigenvalue weighted by Gasteiger charge is -2.23. The first-order valence-corrected chi connectivity index (χ1v) is 9.22. The molecule has 8 heteroatoms. The molecular weight excluding hydrogens is 367 g/mol. The van der Waals surface area contributed by atoms with Crippen molar-refractivity contribution in [1.29, 1.82) is 0 Å². The van der Waals surface area contributed by atoms with Crippen LogP contribution in [0.15, 0.2) is 24.3 Å². The number of benzene rings is 1. The summed E-state index contributed by atoms with van der Waals surface area (Å²) in [5.74, 6) is -1.97. The fourth-order valence-electron chi connectivity index (χ4n) is 2.90. The number of carbonyl (C=O) groups excluding carboxylic acids is 3. The number of esters is 1. The van der Waals surface area contributed by atoms with Crippen LogP contribution >= 0.6 is 0 Å². The first-order valence-electron chi connectivity index (χ1n) is 9.22. The molecular formula is C20H25FN2O5. The fraction of sp³-hybridized carbons (Fsp3) is 0.450. The Balaban J connectivity index is 1.79. The van der Waals surface area contributed by atoms with Crippen LogP contribution in [0.2, 0.25) is 0 Å². The predicted octanol–water partition coefficient (Wildman–Crippen LogP) is 2.94. The molecule has 1 aromatic carbocycles. The number of hydrogen-bond donors (Lipinski definition) is 2. The molecule has 0 bridgehead atoms. The van der Waals surface area contributed by atoms with E-state index in [1.807, 2.05) is 0 Å². The molecule has 28 heavy (non-hydrogen) atoms. The number of halogens is 1. The second-order valence-corrected chi connectivity index (χ2v) is 6.60. The molecule has 0 aliphatic heterocycles. The number of hydrogen-bond acceptors (Lipinski definition) is 5. The van der Waals surface area contributed by atoms with Crippen LogP contribution < -0.4 is 15.4 Å². The summed E-state index contributed by atoms with van der Waals surface area (Å²) in [6.07, 6.45) is 6.32. The van der Waals surface area contributed by atoms with Crippen molar-refractivity contribution in [3.63, 3.8) is 0 Å². The van der Waals surface area contributed by atoms with Crippen LogP contribution in [0, 0.1) is 5.82 Å². The Hall–Kier alpha value is -2.90. The van der Waals surface area contributed by atoms with E-state index in [1.54, 1.807) is 6.07 Å². The van der Waals surface area contributed by atoms with Crippen LogP contribution in [0.25, 0.3) is 6.08 Å². The molecule has 1 aliphatic carbocycles. The monoisotopic (exact) mass is 392 g/mol. The summed E-state index contributed by atoms with van der Waals surface area (Å²) in [6, 6.07) is 3.67. The summed E-state index contributed by atoms with van der Waals surface area (Å²) in [4.78, 5) is 35.7. The maximum Gasteiger partial charge on any atom is 0.331 e. The van der Waals surface area contributed by atoms with Crippen LogP contribution in [-0.2, 0) is 14.3 Å². The minimum absolute atomic E-state index is 0.0623. The lowest BCUT2D eigenvalue weighted by atomic mass is 9.96. The van der Waals surface area contributed by atoms with E-state index in [9.17, 15) is 18.8 Å². The minimum Gasteiger partial charge on any atom is -0.494 e. The molecule has 1 atom stereocenters. The Morgan fingerprint density at radius 1 is 1.21 bits per heavy atom. The smallest absolute Gasteiger partial charge is 0.331 e. The third kappa shape index (κ3) is 6.68. The van der Waals surface area contributed by atoms with E-state index in [0.717, 1.165) is 38.2 Å². The van der Waals surface area contributed by atoms with Gasteiger partial charge in [0, 0.05) is 12.1 Å². The van der Waals surface area contributed by atoms with Gasteiger partial charge in [0.05, 0.1) is 7.11 Å². The highest BCUT2D eigenvalue weighted by Crippen LogP contribution is 2.18. The molecule has 0 unspecified atom stereocenters. The van der Waals surface area contributed by atoms with Gasteiger partial charge in [0.25, 0.3) is 5.91 Å². The largest absolute Gasteiger partial charge is 0.494 e. The number of methoxy groups -OCH3 is 1. The summed E-state index contributed by atoms with van der Waals surface area (Å²) >= 11 is 0. The summed E-state index contributed by atoms with van der Waals surface area (Å²) < 4.78 is 23.4. The SMILES string of the molecule is COc1ccc(/C=C/C(=O)O[C@@H](C)C(=O)NC(=O)NC2CCCCC2)cc1F. The average Bonchev–Trinajstić information content (AvgIpc) is 2.67. The number of rotatable bonds is 6. The van der Waals surface area contributed by atoms with Gasteiger partial charge in [-0.15, -0.1) is 0 Å². The van der Waals surface area contributed by atoms with Crippen LogP contribution in [0.5, 0.6) is 5.75 Å². The van der Waals surface area contributed by atoms with Crippen molar-refractivity contribution in [1.82, 2.24) is 10.6 Å². The van der Waals surface area contributed by atoms with E-state index in [2.05, 4.69) is 10.6 Å². The molecule has 1 saturated carbocycles. The van der Waals surface area contributed by atoms with Gasteiger partial charge >= 0.3 is 12.0 Å². The van der Waals surface area contributed by atoms with Crippen LogP contribution in [0.4, 0.5) is 9.18 Å². The van der Waals surface area contributed by atoms with Gasteiger partial charge in [-0.3, -0.25) is 10.1 Å². The molecule has 0 saturated heterocycles. The lowest BCUT2D eigenvalue weighted by Crippen LogP contribution is -2.48. The minimum atomic E-state index is -1.15. The first kappa shape index (κ1) is 21.4. The fourth-order valence-corrected chi connectivity index (χ4v) is 2.90. The predicted molar refractivity (Wildman–Crippen MR) is 101 cm³/mol. The highest BCUT2D eigenvalue weighted by molar-refractivity contribution is 5.98. The standard InChI is InChI=1S/C20H25FN2O5/c1-13(19(25)23-20(26)22-15-6-4-3-5-7-15)28-18(24)11-9-14-8-10-17(27-2)16(21)12-14/h8-13,15H,3-7H2,1-2H3,(H2,22,23,25,26)/b11-9+/t13-/m0/s1. The topological polar surface area (TPSA) is 93.7 Å². The molecule has 0 heterocycles. The highest BCUT2D eigenvalue weighted by Gasteiger charge is 2.21. The van der Waals surface area contributed by atoms with Gasteiger partial charge in [-0.2, -0.15) is 0 Å². The van der Waals surface area contributed by atoms with Crippen molar-refractivity contribution in [3.8, 4) is 5.75 Å². The molecule has 152 valence electrons. The Morgan fingerprint density at radius 3 is 2.57 bits per heavy atom. The summed E-state index contributed by atoms with van der Waals surface area (Å²) in [6.45, 7) is 1.36. The zero-order valence-corrected chi connectivity index (χ0v) is 16.0. The van der Waals surface area contributed by atoms with Gasteiger partial charge in [-0.1, -0.05) is 25.3 Å². The average molecular weight is 392 g/mol. The molecule has 2 rings (SSSR count). The van der Waals surface area contributed by atoms with Gasteiger partial charge in [-0.25, -0.2) is 14.0 Å². The van der Waals surface area contributed by atoms with Crippen molar-refractivity contribution in [2.45, 2.75) is 51.2 Å². The number of nitrogens with one attached hydrogen (secondary N) is 2. The number of urea groups is 1. The number of ether oxygens (including phenoxy) is 2.